The van der Waals surface area contributed by atoms with Gasteiger partial charge in [-0.05, 0) is 38.5 Å². The smallest absolute Gasteiger partial charge is 0.197 e. The molecule has 2 saturated heterocycles. The van der Waals surface area contributed by atoms with Gasteiger partial charge in [-0.1, -0.05) is 59.3 Å². The van der Waals surface area contributed by atoms with E-state index >= 15 is 0 Å². The molecule has 2 aliphatic heterocycles. The Hall–Kier alpha value is -0.760. The summed E-state index contributed by atoms with van der Waals surface area (Å²) in [4.78, 5) is 0. The number of aliphatic hydroxyl groups is 3. The third-order valence-corrected chi connectivity index (χ3v) is 8.97. The second-order valence-electron chi connectivity index (χ2n) is 11.7. The molecule has 0 aromatic carbocycles. The molecular formula is C29H52O6. The van der Waals surface area contributed by atoms with Crippen molar-refractivity contribution in [3.8, 4) is 0 Å². The van der Waals surface area contributed by atoms with Crippen LogP contribution in [0.25, 0.3) is 0 Å². The molecule has 0 unspecified atom stereocenters. The summed E-state index contributed by atoms with van der Waals surface area (Å²) in [5, 5.41) is 33.5. The number of methoxy groups -OCH3 is 1. The van der Waals surface area contributed by atoms with Crippen LogP contribution in [0.4, 0.5) is 0 Å². The van der Waals surface area contributed by atoms with Crippen LogP contribution in [0.5, 0.6) is 0 Å². The van der Waals surface area contributed by atoms with Gasteiger partial charge in [0.25, 0.3) is 0 Å². The number of hydrogen-bond donors (Lipinski definition) is 3. The molecule has 2 fully saturated rings. The molecule has 0 aliphatic carbocycles. The molecule has 2 rings (SSSR count). The molecule has 6 nitrogen and oxygen atoms in total. The zero-order valence-electron chi connectivity index (χ0n) is 23.5. The van der Waals surface area contributed by atoms with Gasteiger partial charge in [-0.2, -0.15) is 0 Å². The summed E-state index contributed by atoms with van der Waals surface area (Å²) < 4.78 is 19.2. The minimum atomic E-state index is -1.24. The molecule has 0 radical (unpaired) electrons. The third kappa shape index (κ3) is 6.58. The van der Waals surface area contributed by atoms with Gasteiger partial charge in [-0.25, -0.2) is 0 Å². The Balaban J connectivity index is 2.34. The zero-order valence-corrected chi connectivity index (χ0v) is 23.5. The molecular weight excluding hydrogens is 444 g/mol. The normalized spacial score (nSPS) is 39.5. The Kier molecular flexibility index (Phi) is 11.0. The predicted molar refractivity (Wildman–Crippen MR) is 140 cm³/mol. The number of rotatable bonds is 10. The SMILES string of the molecule is C=C[C@H](C)[C@H](O)[C@H](C)[C@H]1O[C@@]2(C[C@@H](OC)[C@@H](C)[C@@H]([C@H](C)[C@@H](O)[C@@H](C)C/C(C)=C/C)O2)[C@@H](O)C[C@@H]1C. The van der Waals surface area contributed by atoms with Crippen LogP contribution in [0.1, 0.15) is 74.7 Å². The molecule has 204 valence electrons. The number of hydrogen-bond acceptors (Lipinski definition) is 6. The van der Waals surface area contributed by atoms with Gasteiger partial charge < -0.3 is 29.5 Å². The molecule has 1 spiro atoms. The molecule has 0 aromatic rings. The molecule has 3 N–H and O–H groups in total. The molecule has 0 saturated carbocycles. The van der Waals surface area contributed by atoms with Crippen molar-refractivity contribution in [2.45, 2.75) is 117 Å². The first-order chi connectivity index (χ1) is 16.3. The van der Waals surface area contributed by atoms with Crippen molar-refractivity contribution >= 4 is 0 Å². The van der Waals surface area contributed by atoms with Crippen molar-refractivity contribution in [3.05, 3.63) is 24.3 Å². The van der Waals surface area contributed by atoms with Crippen LogP contribution in [-0.4, -0.2) is 64.8 Å². The van der Waals surface area contributed by atoms with E-state index in [1.165, 1.54) is 5.57 Å². The standard InChI is InChI=1S/C29H52O6/c1-11-16(3)13-18(5)26(32)22(9)28-20(7)23(33-10)15-29(35-28)24(30)14-19(6)27(34-29)21(8)25(31)17(4)12-2/h11-12,17-28,30-32H,2,13-15H2,1,3-10H3/b16-11+/t17-,18-,19-,20+,21-,22+,23+,24-,25-,26-,27-,28-,29+/m0/s1. The first kappa shape index (κ1) is 30.5. The van der Waals surface area contributed by atoms with Crippen LogP contribution in [0, 0.1) is 35.5 Å². The first-order valence-electron chi connectivity index (χ1n) is 13.5. The topological polar surface area (TPSA) is 88.4 Å². The monoisotopic (exact) mass is 496 g/mol. The second-order valence-corrected chi connectivity index (χ2v) is 11.7. The summed E-state index contributed by atoms with van der Waals surface area (Å²) in [5.41, 5.74) is 1.25. The maximum Gasteiger partial charge on any atom is 0.197 e. The highest BCUT2D eigenvalue weighted by Crippen LogP contribution is 2.47. The minimum absolute atomic E-state index is 0.0164. The Morgan fingerprint density at radius 2 is 1.66 bits per heavy atom. The minimum Gasteiger partial charge on any atom is -0.392 e. The van der Waals surface area contributed by atoms with Gasteiger partial charge in [0.2, 0.25) is 0 Å². The van der Waals surface area contributed by atoms with E-state index < -0.39 is 24.1 Å². The Labute approximate surface area is 213 Å². The van der Waals surface area contributed by atoms with Crippen LogP contribution in [0.3, 0.4) is 0 Å². The first-order valence-corrected chi connectivity index (χ1v) is 13.5. The number of aliphatic hydroxyl groups excluding tert-OH is 3. The lowest BCUT2D eigenvalue weighted by Crippen LogP contribution is -2.65. The number of ether oxygens (including phenoxy) is 3. The van der Waals surface area contributed by atoms with E-state index in [-0.39, 0.29) is 53.8 Å². The molecule has 13 atom stereocenters. The van der Waals surface area contributed by atoms with Crippen molar-refractivity contribution in [3.63, 3.8) is 0 Å². The molecule has 2 heterocycles. The molecule has 0 bridgehead atoms. The lowest BCUT2D eigenvalue weighted by molar-refractivity contribution is -0.391. The molecule has 35 heavy (non-hydrogen) atoms. The summed E-state index contributed by atoms with van der Waals surface area (Å²) in [6.07, 6.45) is 2.73. The summed E-state index contributed by atoms with van der Waals surface area (Å²) in [7, 11) is 1.68. The van der Waals surface area contributed by atoms with Crippen LogP contribution in [0.15, 0.2) is 24.3 Å². The van der Waals surface area contributed by atoms with E-state index in [1.54, 1.807) is 13.2 Å². The van der Waals surface area contributed by atoms with Gasteiger partial charge in [0, 0.05) is 37.2 Å². The highest BCUT2D eigenvalue weighted by Gasteiger charge is 2.57. The highest BCUT2D eigenvalue weighted by atomic mass is 16.7. The lowest BCUT2D eigenvalue weighted by atomic mass is 9.74. The van der Waals surface area contributed by atoms with Crippen LogP contribution >= 0.6 is 0 Å². The van der Waals surface area contributed by atoms with Gasteiger partial charge in [-0.3, -0.25) is 0 Å². The van der Waals surface area contributed by atoms with Gasteiger partial charge >= 0.3 is 0 Å². The van der Waals surface area contributed by atoms with E-state index in [9.17, 15) is 15.3 Å². The van der Waals surface area contributed by atoms with Crippen molar-refractivity contribution in [2.24, 2.45) is 35.5 Å². The van der Waals surface area contributed by atoms with E-state index in [4.69, 9.17) is 14.2 Å². The largest absolute Gasteiger partial charge is 0.392 e. The predicted octanol–water partition coefficient (Wildman–Crippen LogP) is 4.72. The maximum absolute atomic E-state index is 11.3. The average molecular weight is 497 g/mol. The van der Waals surface area contributed by atoms with Crippen LogP contribution < -0.4 is 0 Å². The highest BCUT2D eigenvalue weighted by molar-refractivity contribution is 5.02. The molecule has 2 aliphatic rings. The average Bonchev–Trinajstić information content (AvgIpc) is 2.84. The van der Waals surface area contributed by atoms with Crippen molar-refractivity contribution < 1.29 is 29.5 Å². The summed E-state index contributed by atoms with van der Waals surface area (Å²) >= 11 is 0. The van der Waals surface area contributed by atoms with E-state index in [0.717, 1.165) is 6.42 Å². The van der Waals surface area contributed by atoms with Gasteiger partial charge in [0.1, 0.15) is 6.10 Å². The molecule has 0 aromatic heterocycles. The summed E-state index contributed by atoms with van der Waals surface area (Å²) in [6.45, 7) is 20.1. The fourth-order valence-corrected chi connectivity index (χ4v) is 6.23. The summed E-state index contributed by atoms with van der Waals surface area (Å²) in [6, 6.07) is 0. The lowest BCUT2D eigenvalue weighted by Gasteiger charge is -2.56. The fraction of sp³-hybridized carbons (Fsp3) is 0.862. The van der Waals surface area contributed by atoms with Crippen LogP contribution in [-0.2, 0) is 14.2 Å². The number of allylic oxidation sites excluding steroid dienone is 2. The Morgan fingerprint density at radius 3 is 2.20 bits per heavy atom. The maximum atomic E-state index is 11.3. The Morgan fingerprint density at radius 1 is 1.09 bits per heavy atom. The van der Waals surface area contributed by atoms with Crippen molar-refractivity contribution in [1.29, 1.82) is 0 Å². The fourth-order valence-electron chi connectivity index (χ4n) is 6.23. The van der Waals surface area contributed by atoms with Gasteiger partial charge in [-0.15, -0.1) is 6.58 Å². The summed E-state index contributed by atoms with van der Waals surface area (Å²) in [5.74, 6) is -1.54. The van der Waals surface area contributed by atoms with E-state index in [0.29, 0.717) is 12.8 Å². The molecule has 0 amide bonds. The second kappa shape index (κ2) is 12.7. The van der Waals surface area contributed by atoms with E-state index in [1.807, 2.05) is 27.7 Å². The van der Waals surface area contributed by atoms with Crippen molar-refractivity contribution in [2.75, 3.05) is 7.11 Å². The van der Waals surface area contributed by atoms with Crippen molar-refractivity contribution in [1.82, 2.24) is 0 Å². The van der Waals surface area contributed by atoms with Crippen LogP contribution in [0.2, 0.25) is 0 Å². The Bertz CT molecular complexity index is 709. The van der Waals surface area contributed by atoms with Gasteiger partial charge in [0.05, 0.1) is 30.5 Å². The van der Waals surface area contributed by atoms with Gasteiger partial charge in [0.15, 0.2) is 5.79 Å². The third-order valence-electron chi connectivity index (χ3n) is 8.97. The van der Waals surface area contributed by atoms with E-state index in [2.05, 4.69) is 40.3 Å². The quantitative estimate of drug-likeness (QED) is 0.380. The molecule has 6 heteroatoms. The zero-order chi connectivity index (χ0) is 26.7.